The Morgan fingerprint density at radius 3 is 1.80 bits per heavy atom. The fraction of sp³-hybridized carbons (Fsp3) is 0.400. The molecule has 1 fully saturated rings. The molecule has 2 aromatic rings. The van der Waals surface area contributed by atoms with E-state index in [4.69, 9.17) is 23.7 Å². The van der Waals surface area contributed by atoms with Crippen LogP contribution >= 0.6 is 0 Å². The molecule has 10 heteroatoms. The number of rotatable bonds is 7. The maximum atomic E-state index is 13.2. The quantitative estimate of drug-likeness (QED) is 0.434. The Bertz CT molecular complexity index is 1030. The molecule has 188 valence electrons. The topological polar surface area (TPSA) is 104 Å². The SMILES string of the molecule is CCOC(=O)Oc1ccc(C(=O)N2CCCN(C(=O)c3cc(OC)c(OC)c(OC)c3)CC2)cc1. The molecule has 0 atom stereocenters. The van der Waals surface area contributed by atoms with Gasteiger partial charge in [0, 0.05) is 37.3 Å². The first-order valence-corrected chi connectivity index (χ1v) is 11.2. The lowest BCUT2D eigenvalue weighted by molar-refractivity contribution is 0.0718. The molecule has 0 unspecified atom stereocenters. The zero-order chi connectivity index (χ0) is 25.4. The van der Waals surface area contributed by atoms with Crippen molar-refractivity contribution in [1.82, 2.24) is 9.80 Å². The zero-order valence-electron chi connectivity index (χ0n) is 20.4. The molecule has 2 amide bonds. The first-order chi connectivity index (χ1) is 16.9. The highest BCUT2D eigenvalue weighted by Gasteiger charge is 2.25. The van der Waals surface area contributed by atoms with Gasteiger partial charge in [-0.15, -0.1) is 0 Å². The maximum absolute atomic E-state index is 13.2. The van der Waals surface area contributed by atoms with Gasteiger partial charge < -0.3 is 33.5 Å². The van der Waals surface area contributed by atoms with Crippen molar-refractivity contribution in [2.75, 3.05) is 54.1 Å². The van der Waals surface area contributed by atoms with Crippen LogP contribution in [0.15, 0.2) is 36.4 Å². The van der Waals surface area contributed by atoms with E-state index in [0.717, 1.165) is 0 Å². The van der Waals surface area contributed by atoms with Crippen LogP contribution in [0.4, 0.5) is 4.79 Å². The third-order valence-electron chi connectivity index (χ3n) is 5.55. The Kier molecular flexibility index (Phi) is 8.77. The lowest BCUT2D eigenvalue weighted by atomic mass is 10.1. The number of hydrogen-bond acceptors (Lipinski definition) is 8. The number of benzene rings is 2. The van der Waals surface area contributed by atoms with E-state index in [1.165, 1.54) is 21.3 Å². The predicted molar refractivity (Wildman–Crippen MR) is 127 cm³/mol. The molecule has 10 nitrogen and oxygen atoms in total. The molecule has 35 heavy (non-hydrogen) atoms. The molecule has 0 saturated carbocycles. The van der Waals surface area contributed by atoms with Gasteiger partial charge >= 0.3 is 6.16 Å². The van der Waals surface area contributed by atoms with E-state index in [9.17, 15) is 14.4 Å². The summed E-state index contributed by atoms with van der Waals surface area (Å²) in [7, 11) is 4.50. The molecule has 0 radical (unpaired) electrons. The monoisotopic (exact) mass is 486 g/mol. The van der Waals surface area contributed by atoms with Gasteiger partial charge in [-0.3, -0.25) is 9.59 Å². The van der Waals surface area contributed by atoms with Crippen molar-refractivity contribution < 1.29 is 38.1 Å². The fourth-order valence-corrected chi connectivity index (χ4v) is 3.80. The third kappa shape index (κ3) is 6.14. The van der Waals surface area contributed by atoms with E-state index in [0.29, 0.717) is 61.0 Å². The molecule has 0 aliphatic carbocycles. The molecule has 1 aliphatic heterocycles. The molecule has 1 saturated heterocycles. The van der Waals surface area contributed by atoms with Gasteiger partial charge in [0.25, 0.3) is 11.8 Å². The molecular weight excluding hydrogens is 456 g/mol. The second-order valence-corrected chi connectivity index (χ2v) is 7.66. The van der Waals surface area contributed by atoms with Crippen molar-refractivity contribution in [3.05, 3.63) is 47.5 Å². The highest BCUT2D eigenvalue weighted by Crippen LogP contribution is 2.38. The Balaban J connectivity index is 1.66. The van der Waals surface area contributed by atoms with Crippen LogP contribution in [0.1, 0.15) is 34.1 Å². The number of hydrogen-bond donors (Lipinski definition) is 0. The normalized spacial score (nSPS) is 13.5. The highest BCUT2D eigenvalue weighted by molar-refractivity contribution is 5.96. The maximum Gasteiger partial charge on any atom is 0.513 e. The van der Waals surface area contributed by atoms with Crippen molar-refractivity contribution in [2.24, 2.45) is 0 Å². The zero-order valence-corrected chi connectivity index (χ0v) is 20.4. The lowest BCUT2D eigenvalue weighted by Gasteiger charge is -2.23. The Hall–Kier alpha value is -3.95. The molecular formula is C25H30N2O8. The van der Waals surface area contributed by atoms with Crippen LogP contribution in [0, 0.1) is 0 Å². The molecule has 0 aromatic heterocycles. The standard InChI is InChI=1S/C25H30N2O8/c1-5-34-25(30)35-19-9-7-17(8-10-19)23(28)26-11-6-12-27(14-13-26)24(29)18-15-20(31-2)22(33-4)21(16-18)32-3/h7-10,15-16H,5-6,11-14H2,1-4H3. The van der Waals surface area contributed by atoms with E-state index >= 15 is 0 Å². The minimum absolute atomic E-state index is 0.158. The molecule has 0 bridgehead atoms. The van der Waals surface area contributed by atoms with Crippen molar-refractivity contribution in [2.45, 2.75) is 13.3 Å². The van der Waals surface area contributed by atoms with Gasteiger partial charge in [0.05, 0.1) is 27.9 Å². The Morgan fingerprint density at radius 2 is 1.31 bits per heavy atom. The van der Waals surface area contributed by atoms with Gasteiger partial charge in [-0.05, 0) is 49.7 Å². The summed E-state index contributed by atoms with van der Waals surface area (Å²) in [6, 6.07) is 9.53. The van der Waals surface area contributed by atoms with Crippen LogP contribution in [0.5, 0.6) is 23.0 Å². The van der Waals surface area contributed by atoms with E-state index < -0.39 is 6.16 Å². The van der Waals surface area contributed by atoms with Crippen LogP contribution in [0.25, 0.3) is 0 Å². The van der Waals surface area contributed by atoms with Crippen molar-refractivity contribution in [3.8, 4) is 23.0 Å². The van der Waals surface area contributed by atoms with E-state index in [1.54, 1.807) is 53.1 Å². The number of carbonyl (C=O) groups excluding carboxylic acids is 3. The van der Waals surface area contributed by atoms with E-state index in [1.807, 2.05) is 0 Å². The lowest BCUT2D eigenvalue weighted by Crippen LogP contribution is -2.37. The number of ether oxygens (including phenoxy) is 5. The summed E-state index contributed by atoms with van der Waals surface area (Å²) in [5, 5.41) is 0. The number of amides is 2. The van der Waals surface area contributed by atoms with Gasteiger partial charge in [-0.1, -0.05) is 0 Å². The molecule has 2 aromatic carbocycles. The summed E-state index contributed by atoms with van der Waals surface area (Å²) < 4.78 is 25.8. The fourth-order valence-electron chi connectivity index (χ4n) is 3.80. The largest absolute Gasteiger partial charge is 0.513 e. The van der Waals surface area contributed by atoms with Gasteiger partial charge in [-0.2, -0.15) is 0 Å². The summed E-state index contributed by atoms with van der Waals surface area (Å²) in [4.78, 5) is 41.1. The first-order valence-electron chi connectivity index (χ1n) is 11.2. The van der Waals surface area contributed by atoms with Crippen LogP contribution in [0.3, 0.4) is 0 Å². The minimum atomic E-state index is -0.795. The second-order valence-electron chi connectivity index (χ2n) is 7.66. The van der Waals surface area contributed by atoms with Crippen molar-refractivity contribution in [3.63, 3.8) is 0 Å². The highest BCUT2D eigenvalue weighted by atomic mass is 16.7. The Morgan fingerprint density at radius 1 is 0.771 bits per heavy atom. The number of nitrogens with zero attached hydrogens (tertiary/aromatic N) is 2. The summed E-state index contributed by atoms with van der Waals surface area (Å²) >= 11 is 0. The van der Waals surface area contributed by atoms with Gasteiger partial charge in [-0.25, -0.2) is 4.79 Å². The summed E-state index contributed by atoms with van der Waals surface area (Å²) in [5.41, 5.74) is 0.877. The van der Waals surface area contributed by atoms with Crippen LogP contribution < -0.4 is 18.9 Å². The predicted octanol–water partition coefficient (Wildman–Crippen LogP) is 3.24. The number of methoxy groups -OCH3 is 3. The Labute approximate surface area is 204 Å². The average Bonchev–Trinajstić information content (AvgIpc) is 3.14. The van der Waals surface area contributed by atoms with Crippen LogP contribution in [0.2, 0.25) is 0 Å². The average molecular weight is 487 g/mol. The van der Waals surface area contributed by atoms with Crippen LogP contribution in [-0.2, 0) is 4.74 Å². The molecule has 0 N–H and O–H groups in total. The smallest absolute Gasteiger partial charge is 0.493 e. The summed E-state index contributed by atoms with van der Waals surface area (Å²) in [5.74, 6) is 1.17. The third-order valence-corrected chi connectivity index (χ3v) is 5.55. The van der Waals surface area contributed by atoms with E-state index in [-0.39, 0.29) is 24.2 Å². The minimum Gasteiger partial charge on any atom is -0.493 e. The van der Waals surface area contributed by atoms with Crippen LogP contribution in [-0.4, -0.2) is 81.9 Å². The van der Waals surface area contributed by atoms with Gasteiger partial charge in [0.2, 0.25) is 5.75 Å². The number of carbonyl (C=O) groups is 3. The first kappa shape index (κ1) is 25.7. The van der Waals surface area contributed by atoms with Gasteiger partial charge in [0.1, 0.15) is 5.75 Å². The van der Waals surface area contributed by atoms with E-state index in [2.05, 4.69) is 0 Å². The second kappa shape index (κ2) is 12.0. The molecule has 1 aliphatic rings. The molecule has 0 spiro atoms. The molecule has 3 rings (SSSR count). The summed E-state index contributed by atoms with van der Waals surface area (Å²) in [6.45, 7) is 3.68. The van der Waals surface area contributed by atoms with Crippen molar-refractivity contribution in [1.29, 1.82) is 0 Å². The summed E-state index contributed by atoms with van der Waals surface area (Å²) in [6.07, 6.45) is -0.165. The molecule has 1 heterocycles. The van der Waals surface area contributed by atoms with Crippen molar-refractivity contribution >= 4 is 18.0 Å². The van der Waals surface area contributed by atoms with Gasteiger partial charge in [0.15, 0.2) is 11.5 Å².